The van der Waals surface area contributed by atoms with Gasteiger partial charge in [0.2, 0.25) is 11.0 Å². The SMILES string of the molecule is CCCN(CCC(=O)Nc1nnc(-c2ccc(OC)cc2)s1)C(=O)COc1ccccc1. The van der Waals surface area contributed by atoms with Crippen LogP contribution in [0.25, 0.3) is 10.6 Å². The van der Waals surface area contributed by atoms with Gasteiger partial charge in [0.1, 0.15) is 16.5 Å². The Balaban J connectivity index is 1.49. The Kier molecular flexibility index (Phi) is 8.56. The molecule has 0 unspecified atom stereocenters. The van der Waals surface area contributed by atoms with E-state index >= 15 is 0 Å². The van der Waals surface area contributed by atoms with Crippen LogP contribution in [-0.4, -0.2) is 53.7 Å². The van der Waals surface area contributed by atoms with Crippen molar-refractivity contribution in [3.8, 4) is 22.1 Å². The van der Waals surface area contributed by atoms with Gasteiger partial charge in [-0.3, -0.25) is 9.59 Å². The topological polar surface area (TPSA) is 93.7 Å². The maximum atomic E-state index is 12.5. The van der Waals surface area contributed by atoms with E-state index in [4.69, 9.17) is 9.47 Å². The number of benzene rings is 2. The van der Waals surface area contributed by atoms with E-state index in [-0.39, 0.29) is 24.8 Å². The van der Waals surface area contributed by atoms with Crippen molar-refractivity contribution in [2.75, 3.05) is 32.1 Å². The maximum absolute atomic E-state index is 12.5. The van der Waals surface area contributed by atoms with E-state index in [1.165, 1.54) is 11.3 Å². The molecule has 9 heteroatoms. The molecule has 2 aromatic carbocycles. The minimum atomic E-state index is -0.222. The minimum Gasteiger partial charge on any atom is -0.497 e. The minimum absolute atomic E-state index is 0.0622. The third-order valence-corrected chi connectivity index (χ3v) is 5.46. The van der Waals surface area contributed by atoms with Crippen LogP contribution in [0.3, 0.4) is 0 Å². The number of aromatic nitrogens is 2. The molecule has 1 aromatic heterocycles. The molecule has 0 saturated carbocycles. The summed E-state index contributed by atoms with van der Waals surface area (Å²) in [6.07, 6.45) is 0.953. The Morgan fingerprint density at radius 2 is 1.75 bits per heavy atom. The summed E-state index contributed by atoms with van der Waals surface area (Å²) in [7, 11) is 1.61. The Bertz CT molecular complexity index is 1010. The lowest BCUT2D eigenvalue weighted by Crippen LogP contribution is -2.37. The first-order valence-electron chi connectivity index (χ1n) is 10.3. The van der Waals surface area contributed by atoms with Crippen LogP contribution in [0.15, 0.2) is 54.6 Å². The van der Waals surface area contributed by atoms with Crippen molar-refractivity contribution in [1.29, 1.82) is 0 Å². The van der Waals surface area contributed by atoms with Gasteiger partial charge < -0.3 is 19.7 Å². The Labute approximate surface area is 191 Å². The van der Waals surface area contributed by atoms with Crippen LogP contribution in [0.5, 0.6) is 11.5 Å². The van der Waals surface area contributed by atoms with Crippen molar-refractivity contribution < 1.29 is 19.1 Å². The second kappa shape index (κ2) is 11.8. The van der Waals surface area contributed by atoms with Crippen LogP contribution in [-0.2, 0) is 9.59 Å². The fourth-order valence-corrected chi connectivity index (χ4v) is 3.69. The molecule has 0 atom stereocenters. The van der Waals surface area contributed by atoms with E-state index in [9.17, 15) is 9.59 Å². The van der Waals surface area contributed by atoms with E-state index in [2.05, 4.69) is 15.5 Å². The van der Waals surface area contributed by atoms with E-state index in [0.29, 0.717) is 29.0 Å². The van der Waals surface area contributed by atoms with Gasteiger partial charge in [-0.2, -0.15) is 0 Å². The van der Waals surface area contributed by atoms with Gasteiger partial charge in [-0.1, -0.05) is 36.5 Å². The summed E-state index contributed by atoms with van der Waals surface area (Å²) >= 11 is 1.29. The zero-order chi connectivity index (χ0) is 22.8. The van der Waals surface area contributed by atoms with Gasteiger partial charge in [0, 0.05) is 25.1 Å². The summed E-state index contributed by atoms with van der Waals surface area (Å²) in [5.74, 6) is 1.02. The summed E-state index contributed by atoms with van der Waals surface area (Å²) < 4.78 is 10.7. The second-order valence-corrected chi connectivity index (χ2v) is 7.90. The molecular weight excluding hydrogens is 428 g/mol. The molecule has 1 heterocycles. The summed E-state index contributed by atoms with van der Waals surface area (Å²) in [6.45, 7) is 2.79. The highest BCUT2D eigenvalue weighted by molar-refractivity contribution is 7.18. The number of carbonyl (C=O) groups excluding carboxylic acids is 2. The summed E-state index contributed by atoms with van der Waals surface area (Å²) in [6, 6.07) is 16.6. The highest BCUT2D eigenvalue weighted by Crippen LogP contribution is 2.27. The first-order valence-corrected chi connectivity index (χ1v) is 11.1. The molecule has 0 fully saturated rings. The molecule has 0 aliphatic carbocycles. The maximum Gasteiger partial charge on any atom is 0.260 e. The number of para-hydroxylation sites is 1. The summed E-state index contributed by atoms with van der Waals surface area (Å²) in [5, 5.41) is 12.1. The molecule has 3 aromatic rings. The summed E-state index contributed by atoms with van der Waals surface area (Å²) in [4.78, 5) is 26.6. The van der Waals surface area contributed by atoms with Crippen LogP contribution in [0.4, 0.5) is 5.13 Å². The molecule has 8 nitrogen and oxygen atoms in total. The molecule has 1 N–H and O–H groups in total. The van der Waals surface area contributed by atoms with Crippen LogP contribution >= 0.6 is 11.3 Å². The van der Waals surface area contributed by atoms with Gasteiger partial charge in [0.25, 0.3) is 5.91 Å². The van der Waals surface area contributed by atoms with Crippen LogP contribution in [0.2, 0.25) is 0 Å². The smallest absolute Gasteiger partial charge is 0.260 e. The second-order valence-electron chi connectivity index (χ2n) is 6.92. The molecule has 0 spiro atoms. The Hall–Kier alpha value is -3.46. The average molecular weight is 455 g/mol. The zero-order valence-electron chi connectivity index (χ0n) is 18.1. The van der Waals surface area contributed by atoms with E-state index in [1.807, 2.05) is 49.4 Å². The van der Waals surface area contributed by atoms with Crippen molar-refractivity contribution in [2.24, 2.45) is 0 Å². The van der Waals surface area contributed by atoms with Gasteiger partial charge in [-0.15, -0.1) is 10.2 Å². The molecule has 0 radical (unpaired) electrons. The van der Waals surface area contributed by atoms with Crippen molar-refractivity contribution in [1.82, 2.24) is 15.1 Å². The average Bonchev–Trinajstić information content (AvgIpc) is 3.29. The third kappa shape index (κ3) is 6.78. The normalized spacial score (nSPS) is 10.4. The van der Waals surface area contributed by atoms with E-state index in [1.54, 1.807) is 24.1 Å². The highest BCUT2D eigenvalue weighted by atomic mass is 32.1. The number of carbonyl (C=O) groups is 2. The molecule has 32 heavy (non-hydrogen) atoms. The number of nitrogens with one attached hydrogen (secondary N) is 1. The van der Waals surface area contributed by atoms with Crippen LogP contribution < -0.4 is 14.8 Å². The quantitative estimate of drug-likeness (QED) is 0.473. The number of hydrogen-bond donors (Lipinski definition) is 1. The number of methoxy groups -OCH3 is 1. The fraction of sp³-hybridized carbons (Fsp3) is 0.304. The molecule has 0 saturated heterocycles. The predicted octanol–water partition coefficient (Wildman–Crippen LogP) is 3.86. The number of nitrogens with zero attached hydrogens (tertiary/aromatic N) is 3. The predicted molar refractivity (Wildman–Crippen MR) is 124 cm³/mol. The van der Waals surface area contributed by atoms with Gasteiger partial charge in [0.05, 0.1) is 7.11 Å². The number of anilines is 1. The van der Waals surface area contributed by atoms with Gasteiger partial charge >= 0.3 is 0 Å². The number of amides is 2. The fourth-order valence-electron chi connectivity index (χ4n) is 2.93. The monoisotopic (exact) mass is 454 g/mol. The lowest BCUT2D eigenvalue weighted by molar-refractivity contribution is -0.133. The molecule has 168 valence electrons. The zero-order valence-corrected chi connectivity index (χ0v) is 18.9. The lowest BCUT2D eigenvalue weighted by Gasteiger charge is -2.21. The lowest BCUT2D eigenvalue weighted by atomic mass is 10.2. The number of hydrogen-bond acceptors (Lipinski definition) is 7. The van der Waals surface area contributed by atoms with E-state index in [0.717, 1.165) is 17.7 Å². The highest BCUT2D eigenvalue weighted by Gasteiger charge is 2.16. The van der Waals surface area contributed by atoms with Crippen molar-refractivity contribution in [3.05, 3.63) is 54.6 Å². The van der Waals surface area contributed by atoms with Gasteiger partial charge in [0.15, 0.2) is 6.61 Å². The van der Waals surface area contributed by atoms with Crippen molar-refractivity contribution in [2.45, 2.75) is 19.8 Å². The molecule has 0 aliphatic heterocycles. The largest absolute Gasteiger partial charge is 0.497 e. The molecular formula is C23H26N4O4S. The van der Waals surface area contributed by atoms with Gasteiger partial charge in [-0.05, 0) is 42.8 Å². The standard InChI is InChI=1S/C23H26N4O4S/c1-3-14-27(21(29)16-31-19-7-5-4-6-8-19)15-13-20(28)24-23-26-25-22(32-23)17-9-11-18(30-2)12-10-17/h4-12H,3,13-16H2,1-2H3,(H,24,26,28). The van der Waals surface area contributed by atoms with Crippen LogP contribution in [0.1, 0.15) is 19.8 Å². The Morgan fingerprint density at radius 1 is 1.00 bits per heavy atom. The molecule has 0 aliphatic rings. The molecule has 3 rings (SSSR count). The number of ether oxygens (including phenoxy) is 2. The number of rotatable bonds is 11. The molecule has 2 amide bonds. The van der Waals surface area contributed by atoms with Crippen LogP contribution in [0, 0.1) is 0 Å². The first kappa shape index (κ1) is 23.2. The van der Waals surface area contributed by atoms with Gasteiger partial charge in [-0.25, -0.2) is 0 Å². The van der Waals surface area contributed by atoms with Crippen molar-refractivity contribution >= 4 is 28.3 Å². The first-order chi connectivity index (χ1) is 15.6. The summed E-state index contributed by atoms with van der Waals surface area (Å²) in [5.41, 5.74) is 0.891. The van der Waals surface area contributed by atoms with E-state index < -0.39 is 0 Å². The van der Waals surface area contributed by atoms with Crippen molar-refractivity contribution in [3.63, 3.8) is 0 Å². The molecule has 0 bridgehead atoms. The third-order valence-electron chi connectivity index (χ3n) is 4.57. The Morgan fingerprint density at radius 3 is 2.44 bits per heavy atom.